The fourth-order valence-corrected chi connectivity index (χ4v) is 5.95. The molecule has 3 aromatic carbocycles. The topological polar surface area (TPSA) is 94.2 Å². The number of para-hydroxylation sites is 1. The van der Waals surface area contributed by atoms with Crippen molar-refractivity contribution in [2.45, 2.75) is 24.3 Å². The smallest absolute Gasteiger partial charge is 0.268 e. The van der Waals surface area contributed by atoms with Crippen molar-refractivity contribution in [3.05, 3.63) is 77.4 Å². The molecule has 176 valence electrons. The zero-order chi connectivity index (χ0) is 23.7. The van der Waals surface area contributed by atoms with Gasteiger partial charge in [0.2, 0.25) is 6.79 Å². The van der Waals surface area contributed by atoms with Gasteiger partial charge in [0.25, 0.3) is 15.9 Å². The van der Waals surface area contributed by atoms with Gasteiger partial charge in [-0.05, 0) is 60.4 Å². The van der Waals surface area contributed by atoms with Crippen LogP contribution in [0.2, 0.25) is 0 Å². The quantitative estimate of drug-likeness (QED) is 0.581. The summed E-state index contributed by atoms with van der Waals surface area (Å²) >= 11 is 0. The Labute approximate surface area is 198 Å². The summed E-state index contributed by atoms with van der Waals surface area (Å²) in [5.74, 6) is 1.09. The van der Waals surface area contributed by atoms with E-state index in [0.717, 1.165) is 17.5 Å². The van der Waals surface area contributed by atoms with Gasteiger partial charge in [0.1, 0.15) is 10.6 Å². The molecule has 2 heterocycles. The third-order valence-electron chi connectivity index (χ3n) is 5.95. The first kappa shape index (κ1) is 22.1. The molecule has 34 heavy (non-hydrogen) atoms. The highest BCUT2D eigenvalue weighted by atomic mass is 32.2. The first-order valence-corrected chi connectivity index (χ1v) is 12.4. The number of rotatable bonds is 6. The van der Waals surface area contributed by atoms with Gasteiger partial charge in [-0.15, -0.1) is 0 Å². The molecule has 1 N–H and O–H groups in total. The molecule has 0 aliphatic carbocycles. The van der Waals surface area contributed by atoms with Crippen molar-refractivity contribution in [1.82, 2.24) is 5.32 Å². The molecule has 0 unspecified atom stereocenters. The maximum Gasteiger partial charge on any atom is 0.268 e. The molecule has 0 saturated carbocycles. The molecule has 0 radical (unpaired) electrons. The molecule has 2 aliphatic heterocycles. The number of sulfonamides is 1. The van der Waals surface area contributed by atoms with E-state index in [1.807, 2.05) is 24.3 Å². The third kappa shape index (κ3) is 4.03. The van der Waals surface area contributed by atoms with Crippen LogP contribution < -0.4 is 23.8 Å². The van der Waals surface area contributed by atoms with E-state index in [-0.39, 0.29) is 29.5 Å². The molecule has 0 aromatic heterocycles. The van der Waals surface area contributed by atoms with Crippen LogP contribution in [0.15, 0.2) is 65.6 Å². The van der Waals surface area contributed by atoms with Crippen LogP contribution in [0.1, 0.15) is 27.9 Å². The van der Waals surface area contributed by atoms with Crippen LogP contribution in [0, 0.1) is 0 Å². The lowest BCUT2D eigenvalue weighted by molar-refractivity contribution is 0.0950. The summed E-state index contributed by atoms with van der Waals surface area (Å²) in [4.78, 5) is 12.8. The number of carbonyl (C=O) groups is 1. The van der Waals surface area contributed by atoms with Crippen LogP contribution in [-0.2, 0) is 23.0 Å². The average molecular weight is 481 g/mol. The lowest BCUT2D eigenvalue weighted by Crippen LogP contribution is -2.35. The molecule has 2 aliphatic rings. The summed E-state index contributed by atoms with van der Waals surface area (Å²) in [5.41, 5.74) is 2.71. The van der Waals surface area contributed by atoms with E-state index < -0.39 is 15.9 Å². The number of carbonyl (C=O) groups excluding carboxylic acids is 1. The minimum Gasteiger partial charge on any atom is -0.495 e. The van der Waals surface area contributed by atoms with Gasteiger partial charge >= 0.3 is 0 Å². The predicted octanol–water partition coefficient (Wildman–Crippen LogP) is 3.50. The summed E-state index contributed by atoms with van der Waals surface area (Å²) in [5, 5.41) is 2.83. The fourth-order valence-electron chi connectivity index (χ4n) is 4.22. The molecular weight excluding hydrogens is 456 g/mol. The summed E-state index contributed by atoms with van der Waals surface area (Å²) < 4.78 is 44.8. The second-order valence-corrected chi connectivity index (χ2v) is 9.88. The Kier molecular flexibility index (Phi) is 5.79. The second kappa shape index (κ2) is 8.90. The zero-order valence-corrected chi connectivity index (χ0v) is 19.4. The van der Waals surface area contributed by atoms with E-state index in [1.54, 1.807) is 24.3 Å². The van der Waals surface area contributed by atoms with Crippen LogP contribution in [0.4, 0.5) is 5.69 Å². The number of hydrogen-bond donors (Lipinski definition) is 1. The summed E-state index contributed by atoms with van der Waals surface area (Å²) in [6.07, 6.45) is 1.54. The fraction of sp³-hybridized carbons (Fsp3) is 0.240. The Balaban J connectivity index is 1.41. The minimum absolute atomic E-state index is 0.0394. The molecular formula is C25H24N2O6S. The van der Waals surface area contributed by atoms with Crippen LogP contribution in [0.25, 0.3) is 0 Å². The van der Waals surface area contributed by atoms with Gasteiger partial charge in [0, 0.05) is 18.7 Å². The summed E-state index contributed by atoms with van der Waals surface area (Å²) in [7, 11) is -2.54. The molecule has 3 aromatic rings. The van der Waals surface area contributed by atoms with Gasteiger partial charge in [-0.3, -0.25) is 9.10 Å². The van der Waals surface area contributed by atoms with Crippen molar-refractivity contribution in [3.8, 4) is 17.2 Å². The van der Waals surface area contributed by atoms with E-state index in [0.29, 0.717) is 30.2 Å². The number of fused-ring (bicyclic) bond motifs is 2. The standard InChI is InChI=1S/C25H24N2O6S/c1-31-22-11-9-19(25(28)26-15-17-8-10-21-23(13-17)33-16-32-21)14-24(22)34(29,30)27-12-4-6-18-5-2-3-7-20(18)27/h2-3,5,7-11,13-14H,4,6,12,15-16H2,1H3,(H,26,28). The number of anilines is 1. The number of amides is 1. The van der Waals surface area contributed by atoms with Crippen molar-refractivity contribution in [1.29, 1.82) is 0 Å². The van der Waals surface area contributed by atoms with Gasteiger partial charge in [-0.2, -0.15) is 0 Å². The molecule has 0 atom stereocenters. The maximum atomic E-state index is 13.7. The lowest BCUT2D eigenvalue weighted by Gasteiger charge is -2.31. The highest BCUT2D eigenvalue weighted by molar-refractivity contribution is 7.93. The minimum atomic E-state index is -3.95. The van der Waals surface area contributed by atoms with E-state index in [4.69, 9.17) is 14.2 Å². The number of nitrogens with zero attached hydrogens (tertiary/aromatic N) is 1. The number of benzene rings is 3. The number of aryl methyl sites for hydroxylation is 1. The van der Waals surface area contributed by atoms with Gasteiger partial charge in [0.15, 0.2) is 11.5 Å². The van der Waals surface area contributed by atoms with Gasteiger partial charge < -0.3 is 19.5 Å². The first-order valence-electron chi connectivity index (χ1n) is 10.9. The molecule has 0 fully saturated rings. The molecule has 0 saturated heterocycles. The van der Waals surface area contributed by atoms with E-state index in [1.165, 1.54) is 23.5 Å². The molecule has 8 nitrogen and oxygen atoms in total. The van der Waals surface area contributed by atoms with Crippen LogP contribution in [0.5, 0.6) is 17.2 Å². The van der Waals surface area contributed by atoms with Gasteiger partial charge in [0.05, 0.1) is 12.8 Å². The van der Waals surface area contributed by atoms with Gasteiger partial charge in [-0.1, -0.05) is 24.3 Å². The normalized spacial score (nSPS) is 14.4. The highest BCUT2D eigenvalue weighted by Crippen LogP contribution is 2.35. The Bertz CT molecular complexity index is 1360. The Hall–Kier alpha value is -3.72. The van der Waals surface area contributed by atoms with Crippen molar-refractivity contribution >= 4 is 21.6 Å². The zero-order valence-electron chi connectivity index (χ0n) is 18.6. The van der Waals surface area contributed by atoms with Gasteiger partial charge in [-0.25, -0.2) is 8.42 Å². The van der Waals surface area contributed by atoms with E-state index in [2.05, 4.69) is 5.32 Å². The molecule has 0 spiro atoms. The largest absolute Gasteiger partial charge is 0.495 e. The highest BCUT2D eigenvalue weighted by Gasteiger charge is 2.32. The molecule has 9 heteroatoms. The van der Waals surface area contributed by atoms with Crippen molar-refractivity contribution in [2.24, 2.45) is 0 Å². The Morgan fingerprint density at radius 3 is 2.74 bits per heavy atom. The first-order chi connectivity index (χ1) is 16.5. The number of ether oxygens (including phenoxy) is 3. The predicted molar refractivity (Wildman–Crippen MR) is 126 cm³/mol. The summed E-state index contributed by atoms with van der Waals surface area (Å²) in [6.45, 7) is 0.794. The second-order valence-electron chi connectivity index (χ2n) is 8.05. The molecule has 1 amide bonds. The van der Waals surface area contributed by atoms with Crippen LogP contribution in [0.3, 0.4) is 0 Å². The SMILES string of the molecule is COc1ccc(C(=O)NCc2ccc3c(c2)OCO3)cc1S(=O)(=O)N1CCCc2ccccc21. The number of methoxy groups -OCH3 is 1. The third-order valence-corrected chi connectivity index (χ3v) is 7.79. The Morgan fingerprint density at radius 2 is 1.88 bits per heavy atom. The maximum absolute atomic E-state index is 13.7. The van der Waals surface area contributed by atoms with Crippen molar-refractivity contribution < 1.29 is 27.4 Å². The van der Waals surface area contributed by atoms with E-state index >= 15 is 0 Å². The molecule has 5 rings (SSSR count). The van der Waals surface area contributed by atoms with Crippen molar-refractivity contribution in [3.63, 3.8) is 0 Å². The van der Waals surface area contributed by atoms with E-state index in [9.17, 15) is 13.2 Å². The monoisotopic (exact) mass is 480 g/mol. The molecule has 0 bridgehead atoms. The average Bonchev–Trinajstić information content (AvgIpc) is 3.34. The summed E-state index contributed by atoms with van der Waals surface area (Å²) in [6, 6.07) is 17.3. The van der Waals surface area contributed by atoms with Crippen LogP contribution >= 0.6 is 0 Å². The van der Waals surface area contributed by atoms with Crippen molar-refractivity contribution in [2.75, 3.05) is 24.8 Å². The lowest BCUT2D eigenvalue weighted by atomic mass is 10.0. The Morgan fingerprint density at radius 1 is 1.06 bits per heavy atom. The number of nitrogens with one attached hydrogen (secondary N) is 1. The van der Waals surface area contributed by atoms with Crippen LogP contribution in [-0.4, -0.2) is 34.8 Å². The number of hydrogen-bond acceptors (Lipinski definition) is 6.